The lowest BCUT2D eigenvalue weighted by atomic mass is 10.1. The van der Waals surface area contributed by atoms with E-state index in [1.165, 1.54) is 0 Å². The summed E-state index contributed by atoms with van der Waals surface area (Å²) in [4.78, 5) is 15.7. The van der Waals surface area contributed by atoms with E-state index in [1.807, 2.05) is 13.0 Å². The van der Waals surface area contributed by atoms with Gasteiger partial charge in [-0.1, -0.05) is 19.9 Å². The van der Waals surface area contributed by atoms with Crippen molar-refractivity contribution in [2.45, 2.75) is 26.7 Å². The van der Waals surface area contributed by atoms with Crippen LogP contribution in [0.25, 0.3) is 5.57 Å². The third-order valence-electron chi connectivity index (χ3n) is 2.31. The normalized spacial score (nSPS) is 9.88. The third kappa shape index (κ3) is 3.50. The molecule has 0 unspecified atom stereocenters. The molecule has 3 nitrogen and oxygen atoms in total. The molecule has 3 heteroatoms. The maximum absolute atomic E-state index is 11.7. The number of rotatable bonds is 5. The Bertz CT molecular complexity index is 385. The second kappa shape index (κ2) is 6.05. The number of nitrogens with zero attached hydrogens (tertiary/aromatic N) is 1. The predicted molar refractivity (Wildman–Crippen MR) is 66.2 cm³/mol. The summed E-state index contributed by atoms with van der Waals surface area (Å²) in [6.45, 7) is 8.54. The number of aromatic nitrogens is 1. The summed E-state index contributed by atoms with van der Waals surface area (Å²) in [6, 6.07) is 1.82. The van der Waals surface area contributed by atoms with Crippen LogP contribution in [0.2, 0.25) is 0 Å². The van der Waals surface area contributed by atoms with Crippen LogP contribution in [-0.2, 0) is 0 Å². The molecule has 1 aromatic heterocycles. The van der Waals surface area contributed by atoms with E-state index < -0.39 is 0 Å². The van der Waals surface area contributed by atoms with E-state index in [2.05, 4.69) is 23.8 Å². The summed E-state index contributed by atoms with van der Waals surface area (Å²) in [5, 5.41) is 2.86. The molecule has 1 heterocycles. The highest BCUT2D eigenvalue weighted by Gasteiger charge is 2.06. The minimum atomic E-state index is -0.0657. The van der Waals surface area contributed by atoms with E-state index in [1.54, 1.807) is 12.4 Å². The molecule has 86 valence electrons. The van der Waals surface area contributed by atoms with Crippen LogP contribution in [0.1, 0.15) is 42.6 Å². The quantitative estimate of drug-likeness (QED) is 0.772. The van der Waals surface area contributed by atoms with Crippen LogP contribution < -0.4 is 5.32 Å². The van der Waals surface area contributed by atoms with Gasteiger partial charge in [-0.2, -0.15) is 0 Å². The molecule has 0 aromatic carbocycles. The summed E-state index contributed by atoms with van der Waals surface area (Å²) >= 11 is 0. The first-order valence-electron chi connectivity index (χ1n) is 5.54. The Morgan fingerprint density at radius 2 is 2.12 bits per heavy atom. The Balaban J connectivity index is 2.68. The number of carbonyl (C=O) groups is 1. The van der Waals surface area contributed by atoms with Gasteiger partial charge < -0.3 is 5.32 Å². The summed E-state index contributed by atoms with van der Waals surface area (Å²) in [5.41, 5.74) is 2.41. The standard InChI is InChI=1S/C13H18N2O/c1-4-5-6-15-13(16)12-7-11(10(2)3)8-14-9-12/h7-9H,2,4-6H2,1,3H3,(H,15,16). The molecule has 1 rings (SSSR count). The Hall–Kier alpha value is -1.64. The minimum Gasteiger partial charge on any atom is -0.352 e. The van der Waals surface area contributed by atoms with Gasteiger partial charge >= 0.3 is 0 Å². The van der Waals surface area contributed by atoms with Crippen molar-refractivity contribution in [1.29, 1.82) is 0 Å². The average Bonchev–Trinajstić information content (AvgIpc) is 2.29. The summed E-state index contributed by atoms with van der Waals surface area (Å²) in [6.07, 6.45) is 5.36. The monoisotopic (exact) mass is 218 g/mol. The van der Waals surface area contributed by atoms with E-state index in [4.69, 9.17) is 0 Å². The highest BCUT2D eigenvalue weighted by atomic mass is 16.1. The number of pyridine rings is 1. The van der Waals surface area contributed by atoms with Gasteiger partial charge in [0, 0.05) is 18.9 Å². The maximum Gasteiger partial charge on any atom is 0.252 e. The molecule has 0 saturated carbocycles. The van der Waals surface area contributed by atoms with Crippen LogP contribution in [0.3, 0.4) is 0 Å². The molecule has 0 atom stereocenters. The van der Waals surface area contributed by atoms with Crippen molar-refractivity contribution in [3.05, 3.63) is 36.2 Å². The Kier molecular flexibility index (Phi) is 4.70. The van der Waals surface area contributed by atoms with Crippen LogP contribution in [-0.4, -0.2) is 17.4 Å². The fourth-order valence-electron chi connectivity index (χ4n) is 1.28. The first-order valence-corrected chi connectivity index (χ1v) is 5.54. The molecule has 0 spiro atoms. The van der Waals surface area contributed by atoms with Crippen molar-refractivity contribution in [3.8, 4) is 0 Å². The van der Waals surface area contributed by atoms with E-state index >= 15 is 0 Å². The van der Waals surface area contributed by atoms with Gasteiger partial charge in [0.2, 0.25) is 0 Å². The van der Waals surface area contributed by atoms with Gasteiger partial charge in [0.05, 0.1) is 5.56 Å². The van der Waals surface area contributed by atoms with Crippen LogP contribution in [0.5, 0.6) is 0 Å². The zero-order valence-electron chi connectivity index (χ0n) is 9.92. The van der Waals surface area contributed by atoms with Crippen LogP contribution in [0, 0.1) is 0 Å². The maximum atomic E-state index is 11.7. The largest absolute Gasteiger partial charge is 0.352 e. The smallest absolute Gasteiger partial charge is 0.252 e. The molecule has 0 aliphatic carbocycles. The Morgan fingerprint density at radius 3 is 2.75 bits per heavy atom. The molecule has 0 bridgehead atoms. The molecule has 1 N–H and O–H groups in total. The third-order valence-corrected chi connectivity index (χ3v) is 2.31. The van der Waals surface area contributed by atoms with Crippen LogP contribution >= 0.6 is 0 Å². The van der Waals surface area contributed by atoms with Crippen molar-refractivity contribution in [2.24, 2.45) is 0 Å². The average molecular weight is 218 g/mol. The number of nitrogens with one attached hydrogen (secondary N) is 1. The Morgan fingerprint density at radius 1 is 1.44 bits per heavy atom. The Labute approximate surface area is 96.6 Å². The van der Waals surface area contributed by atoms with Gasteiger partial charge in [-0.3, -0.25) is 9.78 Å². The van der Waals surface area contributed by atoms with Gasteiger partial charge in [-0.25, -0.2) is 0 Å². The molecule has 1 aromatic rings. The van der Waals surface area contributed by atoms with E-state index in [-0.39, 0.29) is 5.91 Å². The van der Waals surface area contributed by atoms with E-state index in [0.717, 1.165) is 24.0 Å². The lowest BCUT2D eigenvalue weighted by molar-refractivity contribution is 0.0953. The SMILES string of the molecule is C=C(C)c1cncc(C(=O)NCCCC)c1. The van der Waals surface area contributed by atoms with E-state index in [9.17, 15) is 4.79 Å². The number of unbranched alkanes of at least 4 members (excludes halogenated alkanes) is 1. The molecule has 0 aliphatic rings. The lowest BCUT2D eigenvalue weighted by Gasteiger charge is -2.05. The molecule has 16 heavy (non-hydrogen) atoms. The second-order valence-corrected chi connectivity index (χ2v) is 3.85. The highest BCUT2D eigenvalue weighted by molar-refractivity contribution is 5.94. The van der Waals surface area contributed by atoms with Crippen molar-refractivity contribution in [3.63, 3.8) is 0 Å². The summed E-state index contributed by atoms with van der Waals surface area (Å²) in [5.74, 6) is -0.0657. The van der Waals surface area contributed by atoms with Gasteiger partial charge in [-0.15, -0.1) is 0 Å². The zero-order valence-corrected chi connectivity index (χ0v) is 9.92. The second-order valence-electron chi connectivity index (χ2n) is 3.85. The predicted octanol–water partition coefficient (Wildman–Crippen LogP) is 2.64. The first-order chi connectivity index (χ1) is 7.65. The van der Waals surface area contributed by atoms with Gasteiger partial charge in [-0.05, 0) is 30.5 Å². The molecular weight excluding hydrogens is 200 g/mol. The molecule has 0 saturated heterocycles. The van der Waals surface area contributed by atoms with Crippen molar-refractivity contribution in [1.82, 2.24) is 10.3 Å². The van der Waals surface area contributed by atoms with Gasteiger partial charge in [0.15, 0.2) is 0 Å². The van der Waals surface area contributed by atoms with Crippen molar-refractivity contribution >= 4 is 11.5 Å². The molecule has 0 aliphatic heterocycles. The van der Waals surface area contributed by atoms with Crippen LogP contribution in [0.4, 0.5) is 0 Å². The summed E-state index contributed by atoms with van der Waals surface area (Å²) in [7, 11) is 0. The highest BCUT2D eigenvalue weighted by Crippen LogP contribution is 2.11. The lowest BCUT2D eigenvalue weighted by Crippen LogP contribution is -2.24. The van der Waals surface area contributed by atoms with E-state index in [0.29, 0.717) is 12.1 Å². The number of hydrogen-bond acceptors (Lipinski definition) is 2. The summed E-state index contributed by atoms with van der Waals surface area (Å²) < 4.78 is 0. The van der Waals surface area contributed by atoms with Gasteiger partial charge in [0.1, 0.15) is 0 Å². The molecule has 0 fully saturated rings. The molecular formula is C13H18N2O. The fraction of sp³-hybridized carbons (Fsp3) is 0.385. The number of amides is 1. The minimum absolute atomic E-state index is 0.0657. The number of carbonyl (C=O) groups excluding carboxylic acids is 1. The molecule has 1 amide bonds. The fourth-order valence-corrected chi connectivity index (χ4v) is 1.28. The van der Waals surface area contributed by atoms with Crippen molar-refractivity contribution in [2.75, 3.05) is 6.54 Å². The first kappa shape index (κ1) is 12.4. The number of allylic oxidation sites excluding steroid dienone is 1. The zero-order chi connectivity index (χ0) is 12.0. The van der Waals surface area contributed by atoms with Crippen molar-refractivity contribution < 1.29 is 4.79 Å². The molecule has 0 radical (unpaired) electrons. The van der Waals surface area contributed by atoms with Crippen LogP contribution in [0.15, 0.2) is 25.0 Å². The topological polar surface area (TPSA) is 42.0 Å². The number of hydrogen-bond donors (Lipinski definition) is 1. The van der Waals surface area contributed by atoms with Gasteiger partial charge in [0.25, 0.3) is 5.91 Å².